The lowest BCUT2D eigenvalue weighted by molar-refractivity contribution is -0.125. The number of aliphatic hydroxyl groups excluding tert-OH is 1. The van der Waals surface area contributed by atoms with Crippen LogP contribution < -0.4 is 10.9 Å². The quantitative estimate of drug-likeness (QED) is 0.248. The molecule has 3 N–H and O–H groups in total. The van der Waals surface area contributed by atoms with Crippen LogP contribution >= 0.6 is 0 Å². The highest BCUT2D eigenvalue weighted by Gasteiger charge is 2.28. The molecule has 1 atom stereocenters. The predicted molar refractivity (Wildman–Crippen MR) is 159 cm³/mol. The molecule has 4 heterocycles. The molecule has 2 aliphatic rings. The molecule has 212 valence electrons. The van der Waals surface area contributed by atoms with Gasteiger partial charge in [0.15, 0.2) is 11.5 Å². The molecule has 1 saturated carbocycles. The van der Waals surface area contributed by atoms with Crippen molar-refractivity contribution in [3.63, 3.8) is 0 Å². The molecular weight excluding hydrogens is 535 g/mol. The number of amides is 1. The average molecular weight is 565 g/mol. The van der Waals surface area contributed by atoms with Crippen molar-refractivity contribution >= 4 is 33.5 Å². The van der Waals surface area contributed by atoms with Crippen LogP contribution in [-0.2, 0) is 11.4 Å². The first-order chi connectivity index (χ1) is 20.5. The van der Waals surface area contributed by atoms with E-state index in [4.69, 9.17) is 0 Å². The van der Waals surface area contributed by atoms with Gasteiger partial charge in [-0.15, -0.1) is 0 Å². The number of anilines is 1. The summed E-state index contributed by atoms with van der Waals surface area (Å²) in [6, 6.07) is 12.4. The van der Waals surface area contributed by atoms with Gasteiger partial charge in [0, 0.05) is 37.1 Å². The van der Waals surface area contributed by atoms with Crippen LogP contribution in [-0.4, -0.2) is 54.8 Å². The van der Waals surface area contributed by atoms with E-state index in [0.29, 0.717) is 52.7 Å². The number of hydrogen-bond donors (Lipinski definition) is 3. The molecule has 1 aliphatic carbocycles. The molecule has 3 aromatic heterocycles. The second-order valence-corrected chi connectivity index (χ2v) is 11.0. The molecule has 2 aromatic carbocycles. The van der Waals surface area contributed by atoms with Crippen LogP contribution in [0.1, 0.15) is 36.3 Å². The Bertz CT molecular complexity index is 1940. The summed E-state index contributed by atoms with van der Waals surface area (Å²) in [4.78, 5) is 31.9. The first kappa shape index (κ1) is 26.1. The number of aromatic nitrogens is 4. The smallest absolute Gasteiger partial charge is 0.265 e. The van der Waals surface area contributed by atoms with Crippen LogP contribution in [0.3, 0.4) is 0 Å². The maximum atomic E-state index is 15.2. The summed E-state index contributed by atoms with van der Waals surface area (Å²) in [6.45, 7) is 4.36. The maximum Gasteiger partial charge on any atom is 0.265 e. The number of carbonyl (C=O) groups excluding carboxylic acids is 1. The zero-order chi connectivity index (χ0) is 29.0. The van der Waals surface area contributed by atoms with Crippen LogP contribution in [0, 0.1) is 5.82 Å². The molecule has 0 spiro atoms. The van der Waals surface area contributed by atoms with Crippen molar-refractivity contribution in [2.24, 2.45) is 0 Å². The largest absolute Gasteiger partial charge is 0.392 e. The summed E-state index contributed by atoms with van der Waals surface area (Å²) >= 11 is 0. The number of carbonyl (C=O) groups is 1. The molecule has 10 heteroatoms. The first-order valence-electron chi connectivity index (χ1n) is 14.1. The molecule has 0 bridgehead atoms. The fraction of sp³-hybridized carbons (Fsp3) is 0.250. The summed E-state index contributed by atoms with van der Waals surface area (Å²) < 4.78 is 16.6. The minimum Gasteiger partial charge on any atom is -0.392 e. The van der Waals surface area contributed by atoms with Crippen molar-refractivity contribution in [3.05, 3.63) is 94.8 Å². The van der Waals surface area contributed by atoms with Gasteiger partial charge in [-0.05, 0) is 77.6 Å². The Labute approximate surface area is 240 Å². The monoisotopic (exact) mass is 564 g/mol. The lowest BCUT2D eigenvalue weighted by Crippen LogP contribution is -2.30. The van der Waals surface area contributed by atoms with E-state index in [1.54, 1.807) is 29.4 Å². The Balaban J connectivity index is 1.31. The standard InChI is InChI=1S/C32H29FN6O3/c1-2-27(41)38-12-10-21(16-38)35-31-29-23(8-11-34-30(29)36-37-31)22-4-3-5-26(24(22)17-40)39-13-9-19-14-20(18-6-7-18)15-25(33)28(19)32(39)42/h2-5,8-9,11,13-15,18,21,40H,1,6-7,10,12,16-17H2,(H2,34,35,36,37)/t21-/m1/s1. The van der Waals surface area contributed by atoms with E-state index in [1.807, 2.05) is 24.3 Å². The summed E-state index contributed by atoms with van der Waals surface area (Å²) in [5, 5.41) is 22.8. The van der Waals surface area contributed by atoms with Gasteiger partial charge in [-0.25, -0.2) is 9.37 Å². The van der Waals surface area contributed by atoms with Gasteiger partial charge in [0.1, 0.15) is 5.82 Å². The Morgan fingerprint density at radius 1 is 1.17 bits per heavy atom. The highest BCUT2D eigenvalue weighted by molar-refractivity contribution is 6.01. The molecule has 9 nitrogen and oxygen atoms in total. The lowest BCUT2D eigenvalue weighted by Gasteiger charge is -2.18. The summed E-state index contributed by atoms with van der Waals surface area (Å²) in [6.07, 6.45) is 7.45. The molecule has 5 aromatic rings. The number of fused-ring (bicyclic) bond motifs is 2. The van der Waals surface area contributed by atoms with Crippen LogP contribution in [0.25, 0.3) is 38.6 Å². The molecule has 0 unspecified atom stereocenters. The van der Waals surface area contributed by atoms with Crippen LogP contribution in [0.15, 0.2) is 72.3 Å². The topological polar surface area (TPSA) is 116 Å². The van der Waals surface area contributed by atoms with Gasteiger partial charge >= 0.3 is 0 Å². The molecule has 2 fully saturated rings. The SMILES string of the molecule is C=CC(=O)N1CC[C@@H](Nc2n[nH]c3nccc(-c4cccc(-n5ccc6cc(C7CC7)cc(F)c6c5=O)c4CO)c23)C1. The number of H-pyrrole nitrogens is 1. The van der Waals surface area contributed by atoms with Gasteiger partial charge in [-0.2, -0.15) is 5.10 Å². The van der Waals surface area contributed by atoms with E-state index in [2.05, 4.69) is 27.1 Å². The number of nitrogens with one attached hydrogen (secondary N) is 2. The zero-order valence-corrected chi connectivity index (χ0v) is 22.8. The predicted octanol–water partition coefficient (Wildman–Crippen LogP) is 4.64. The maximum absolute atomic E-state index is 15.2. The van der Waals surface area contributed by atoms with Gasteiger partial charge in [0.2, 0.25) is 5.91 Å². The second kappa shape index (κ2) is 10.2. The van der Waals surface area contributed by atoms with Crippen LogP contribution in [0.2, 0.25) is 0 Å². The van der Waals surface area contributed by atoms with Gasteiger partial charge < -0.3 is 15.3 Å². The van der Waals surface area contributed by atoms with Crippen LogP contribution in [0.4, 0.5) is 10.2 Å². The summed E-state index contributed by atoms with van der Waals surface area (Å²) in [7, 11) is 0. The number of aliphatic hydroxyl groups is 1. The fourth-order valence-corrected chi connectivity index (χ4v) is 6.09. The molecule has 42 heavy (non-hydrogen) atoms. The average Bonchev–Trinajstić information content (AvgIpc) is 3.63. The Morgan fingerprint density at radius 3 is 2.81 bits per heavy atom. The number of nitrogens with zero attached hydrogens (tertiary/aromatic N) is 4. The number of halogens is 1. The van der Waals surface area contributed by atoms with Crippen LogP contribution in [0.5, 0.6) is 0 Å². The minimum absolute atomic E-state index is 0.0105. The molecule has 1 saturated heterocycles. The van der Waals surface area contributed by atoms with Crippen molar-refractivity contribution in [1.82, 2.24) is 24.6 Å². The Kier molecular flexibility index (Phi) is 6.35. The minimum atomic E-state index is -0.527. The normalized spacial score (nSPS) is 16.8. The molecule has 7 rings (SSSR count). The first-order valence-corrected chi connectivity index (χ1v) is 14.1. The molecule has 1 amide bonds. The third kappa shape index (κ3) is 4.35. The van der Waals surface area contributed by atoms with Gasteiger partial charge in [0.25, 0.3) is 5.56 Å². The molecule has 0 radical (unpaired) electrons. The van der Waals surface area contributed by atoms with Crippen molar-refractivity contribution in [3.8, 4) is 16.8 Å². The van der Waals surface area contributed by atoms with Gasteiger partial charge in [-0.3, -0.25) is 19.3 Å². The Morgan fingerprint density at radius 2 is 2.02 bits per heavy atom. The fourth-order valence-electron chi connectivity index (χ4n) is 6.09. The van der Waals surface area contributed by atoms with Crippen molar-refractivity contribution < 1.29 is 14.3 Å². The van der Waals surface area contributed by atoms with Gasteiger partial charge in [0.05, 0.1) is 23.1 Å². The number of pyridine rings is 2. The van der Waals surface area contributed by atoms with E-state index >= 15 is 4.39 Å². The third-order valence-corrected chi connectivity index (χ3v) is 8.36. The third-order valence-electron chi connectivity index (χ3n) is 8.36. The van der Waals surface area contributed by atoms with Crippen molar-refractivity contribution in [2.45, 2.75) is 37.8 Å². The number of hydrogen-bond acceptors (Lipinski definition) is 6. The van der Waals surface area contributed by atoms with E-state index < -0.39 is 11.4 Å². The molecule has 1 aliphatic heterocycles. The number of aromatic amines is 1. The highest BCUT2D eigenvalue weighted by atomic mass is 19.1. The van der Waals surface area contributed by atoms with Crippen molar-refractivity contribution in [2.75, 3.05) is 18.4 Å². The van der Waals surface area contributed by atoms with E-state index in [1.165, 1.54) is 16.7 Å². The molecular formula is C32H29FN6O3. The summed E-state index contributed by atoms with van der Waals surface area (Å²) in [5.41, 5.74) is 3.43. The number of benzene rings is 2. The number of likely N-dealkylation sites (tertiary alicyclic amines) is 1. The zero-order valence-electron chi connectivity index (χ0n) is 22.8. The Hall–Kier alpha value is -4.83. The second-order valence-electron chi connectivity index (χ2n) is 11.0. The van der Waals surface area contributed by atoms with E-state index in [0.717, 1.165) is 35.8 Å². The van der Waals surface area contributed by atoms with Crippen molar-refractivity contribution in [1.29, 1.82) is 0 Å². The number of rotatable bonds is 7. The van der Waals surface area contributed by atoms with E-state index in [-0.39, 0.29) is 23.9 Å². The highest BCUT2D eigenvalue weighted by Crippen LogP contribution is 2.41. The summed E-state index contributed by atoms with van der Waals surface area (Å²) in [5.74, 6) is 0.313. The van der Waals surface area contributed by atoms with E-state index in [9.17, 15) is 14.7 Å². The lowest BCUT2D eigenvalue weighted by atomic mass is 9.96. The van der Waals surface area contributed by atoms with Gasteiger partial charge in [-0.1, -0.05) is 24.8 Å².